The zero-order valence-corrected chi connectivity index (χ0v) is 14.5. The molecule has 4 rings (SSSR count). The molecule has 0 saturated carbocycles. The maximum Gasteiger partial charge on any atom is 0.280 e. The molecule has 0 radical (unpaired) electrons. The van der Waals surface area contributed by atoms with Crippen molar-refractivity contribution in [3.8, 4) is 0 Å². The predicted molar refractivity (Wildman–Crippen MR) is 92.5 cm³/mol. The van der Waals surface area contributed by atoms with Crippen molar-refractivity contribution in [2.24, 2.45) is 7.05 Å². The van der Waals surface area contributed by atoms with Crippen molar-refractivity contribution >= 4 is 22.8 Å². The van der Waals surface area contributed by atoms with Gasteiger partial charge >= 0.3 is 0 Å². The predicted octanol–water partition coefficient (Wildman–Crippen LogP) is 1.73. The number of aromatic nitrogens is 6. The standard InChI is InChI=1S/C16H18F2N8/c1-10-22-11(14(17)18)7-12(23-10)25-3-5-26(6-4-25)16-13-15(19-8-20-16)21-9-24(13)2/h7-9,14H,3-6H2,1-2H3. The summed E-state index contributed by atoms with van der Waals surface area (Å²) in [5, 5.41) is 0. The highest BCUT2D eigenvalue weighted by Gasteiger charge is 2.23. The minimum absolute atomic E-state index is 0.234. The second kappa shape index (κ2) is 6.43. The summed E-state index contributed by atoms with van der Waals surface area (Å²) < 4.78 is 27.9. The molecule has 0 unspecified atom stereocenters. The third-order valence-electron chi connectivity index (χ3n) is 4.46. The Balaban J connectivity index is 1.55. The molecule has 0 N–H and O–H groups in total. The van der Waals surface area contributed by atoms with Crippen LogP contribution in [0.4, 0.5) is 20.4 Å². The van der Waals surface area contributed by atoms with Gasteiger partial charge in [-0.2, -0.15) is 0 Å². The van der Waals surface area contributed by atoms with Gasteiger partial charge in [-0.1, -0.05) is 0 Å². The van der Waals surface area contributed by atoms with Crippen LogP contribution in [0.1, 0.15) is 17.9 Å². The minimum atomic E-state index is -2.60. The first-order chi connectivity index (χ1) is 12.5. The molecule has 1 saturated heterocycles. The summed E-state index contributed by atoms with van der Waals surface area (Å²) in [6.45, 7) is 4.34. The van der Waals surface area contributed by atoms with Crippen LogP contribution in [0, 0.1) is 6.92 Å². The quantitative estimate of drug-likeness (QED) is 0.704. The van der Waals surface area contributed by atoms with E-state index in [1.54, 1.807) is 13.3 Å². The van der Waals surface area contributed by atoms with E-state index < -0.39 is 6.43 Å². The van der Waals surface area contributed by atoms with Crippen LogP contribution in [0.25, 0.3) is 11.2 Å². The van der Waals surface area contributed by atoms with Crippen molar-refractivity contribution in [2.45, 2.75) is 13.3 Å². The molecule has 0 bridgehead atoms. The Bertz CT molecular complexity index is 933. The van der Waals surface area contributed by atoms with Crippen LogP contribution in [0.15, 0.2) is 18.7 Å². The van der Waals surface area contributed by atoms with E-state index in [1.807, 2.05) is 16.5 Å². The number of halogens is 2. The molecule has 3 aromatic rings. The molecule has 8 nitrogen and oxygen atoms in total. The third kappa shape index (κ3) is 2.91. The van der Waals surface area contributed by atoms with Crippen LogP contribution in [0.5, 0.6) is 0 Å². The van der Waals surface area contributed by atoms with Crippen molar-refractivity contribution in [1.29, 1.82) is 0 Å². The first kappa shape index (κ1) is 16.6. The van der Waals surface area contributed by atoms with E-state index in [0.29, 0.717) is 43.5 Å². The minimum Gasteiger partial charge on any atom is -0.353 e. The van der Waals surface area contributed by atoms with Crippen LogP contribution in [0.3, 0.4) is 0 Å². The van der Waals surface area contributed by atoms with Gasteiger partial charge in [-0.15, -0.1) is 0 Å². The fraction of sp³-hybridized carbons (Fsp3) is 0.438. The Hall–Kier alpha value is -2.91. The maximum absolute atomic E-state index is 13.0. The summed E-state index contributed by atoms with van der Waals surface area (Å²) in [5.41, 5.74) is 1.31. The van der Waals surface area contributed by atoms with Gasteiger partial charge in [-0.25, -0.2) is 33.7 Å². The highest BCUT2D eigenvalue weighted by Crippen LogP contribution is 2.25. The van der Waals surface area contributed by atoms with Gasteiger partial charge in [-0.3, -0.25) is 0 Å². The number of alkyl halides is 2. The van der Waals surface area contributed by atoms with E-state index in [4.69, 9.17) is 0 Å². The molecule has 0 aromatic carbocycles. The second-order valence-electron chi connectivity index (χ2n) is 6.20. The molecule has 0 aliphatic carbocycles. The molecule has 1 aliphatic heterocycles. The summed E-state index contributed by atoms with van der Waals surface area (Å²) in [6.07, 6.45) is 0.629. The average molecular weight is 360 g/mol. The van der Waals surface area contributed by atoms with Crippen LogP contribution < -0.4 is 9.80 Å². The van der Waals surface area contributed by atoms with Crippen molar-refractivity contribution in [3.05, 3.63) is 30.2 Å². The van der Waals surface area contributed by atoms with Gasteiger partial charge in [-0.05, 0) is 6.92 Å². The van der Waals surface area contributed by atoms with Crippen LogP contribution in [-0.4, -0.2) is 55.7 Å². The van der Waals surface area contributed by atoms with E-state index in [1.165, 1.54) is 12.4 Å². The first-order valence-corrected chi connectivity index (χ1v) is 8.28. The zero-order valence-electron chi connectivity index (χ0n) is 14.5. The lowest BCUT2D eigenvalue weighted by molar-refractivity contribution is 0.145. The average Bonchev–Trinajstić information content (AvgIpc) is 3.03. The molecule has 10 heteroatoms. The van der Waals surface area contributed by atoms with Gasteiger partial charge in [0.15, 0.2) is 11.5 Å². The Labute approximate surface area is 148 Å². The number of hydrogen-bond acceptors (Lipinski definition) is 7. The molecular formula is C16H18F2N8. The molecule has 0 spiro atoms. The molecule has 136 valence electrons. The Morgan fingerprint density at radius 1 is 1.00 bits per heavy atom. The molecule has 1 aliphatic rings. The van der Waals surface area contributed by atoms with E-state index >= 15 is 0 Å². The molecule has 0 amide bonds. The highest BCUT2D eigenvalue weighted by molar-refractivity contribution is 5.83. The van der Waals surface area contributed by atoms with Crippen molar-refractivity contribution < 1.29 is 8.78 Å². The maximum atomic E-state index is 13.0. The lowest BCUT2D eigenvalue weighted by Gasteiger charge is -2.36. The molecule has 0 atom stereocenters. The second-order valence-corrected chi connectivity index (χ2v) is 6.20. The number of imidazole rings is 1. The van der Waals surface area contributed by atoms with Crippen molar-refractivity contribution in [3.63, 3.8) is 0 Å². The molecule has 4 heterocycles. The fourth-order valence-electron chi connectivity index (χ4n) is 3.20. The lowest BCUT2D eigenvalue weighted by atomic mass is 10.2. The third-order valence-corrected chi connectivity index (χ3v) is 4.46. The SMILES string of the molecule is Cc1nc(C(F)F)cc(N2CCN(c3ncnc4ncn(C)c34)CC2)n1. The van der Waals surface area contributed by atoms with Gasteiger partial charge in [0, 0.05) is 39.3 Å². The Morgan fingerprint density at radius 3 is 2.46 bits per heavy atom. The van der Waals surface area contributed by atoms with Gasteiger partial charge in [0.2, 0.25) is 0 Å². The monoisotopic (exact) mass is 360 g/mol. The van der Waals surface area contributed by atoms with E-state index in [2.05, 4.69) is 29.8 Å². The van der Waals surface area contributed by atoms with Gasteiger partial charge in [0.05, 0.1) is 6.33 Å². The van der Waals surface area contributed by atoms with E-state index in [0.717, 1.165) is 11.3 Å². The Morgan fingerprint density at radius 2 is 1.73 bits per heavy atom. The van der Waals surface area contributed by atoms with E-state index in [-0.39, 0.29) is 5.69 Å². The number of aryl methyl sites for hydroxylation is 2. The van der Waals surface area contributed by atoms with Crippen LogP contribution in [0.2, 0.25) is 0 Å². The largest absolute Gasteiger partial charge is 0.353 e. The van der Waals surface area contributed by atoms with E-state index in [9.17, 15) is 8.78 Å². The van der Waals surface area contributed by atoms with Gasteiger partial charge in [0.25, 0.3) is 6.43 Å². The first-order valence-electron chi connectivity index (χ1n) is 8.28. The smallest absolute Gasteiger partial charge is 0.280 e. The topological polar surface area (TPSA) is 75.9 Å². The fourth-order valence-corrected chi connectivity index (χ4v) is 3.20. The van der Waals surface area contributed by atoms with Gasteiger partial charge in [0.1, 0.15) is 29.2 Å². The summed E-state index contributed by atoms with van der Waals surface area (Å²) in [6, 6.07) is 1.37. The molecule has 26 heavy (non-hydrogen) atoms. The summed E-state index contributed by atoms with van der Waals surface area (Å²) in [7, 11) is 1.91. The van der Waals surface area contributed by atoms with Crippen LogP contribution >= 0.6 is 0 Å². The number of piperazine rings is 1. The number of anilines is 2. The summed E-state index contributed by atoms with van der Waals surface area (Å²) >= 11 is 0. The molecule has 3 aromatic heterocycles. The molecular weight excluding hydrogens is 342 g/mol. The zero-order chi connectivity index (χ0) is 18.3. The highest BCUT2D eigenvalue weighted by atomic mass is 19.3. The lowest BCUT2D eigenvalue weighted by Crippen LogP contribution is -2.47. The number of nitrogens with zero attached hydrogens (tertiary/aromatic N) is 8. The van der Waals surface area contributed by atoms with Crippen molar-refractivity contribution in [2.75, 3.05) is 36.0 Å². The van der Waals surface area contributed by atoms with Crippen molar-refractivity contribution in [1.82, 2.24) is 29.5 Å². The summed E-state index contributed by atoms with van der Waals surface area (Å²) in [5.74, 6) is 1.73. The molecule has 1 fully saturated rings. The van der Waals surface area contributed by atoms with Gasteiger partial charge < -0.3 is 14.4 Å². The number of hydrogen-bond donors (Lipinski definition) is 0. The normalized spacial score (nSPS) is 15.3. The van der Waals surface area contributed by atoms with Crippen LogP contribution in [-0.2, 0) is 7.05 Å². The Kier molecular flexibility index (Phi) is 4.09. The number of fused-ring (bicyclic) bond motifs is 1. The summed E-state index contributed by atoms with van der Waals surface area (Å²) in [4.78, 5) is 25.1. The number of rotatable bonds is 3.